The van der Waals surface area contributed by atoms with E-state index in [9.17, 15) is 8.42 Å². The van der Waals surface area contributed by atoms with Crippen molar-refractivity contribution < 1.29 is 8.42 Å². The Morgan fingerprint density at radius 1 is 1.25 bits per heavy atom. The highest BCUT2D eigenvalue weighted by atomic mass is 32.2. The summed E-state index contributed by atoms with van der Waals surface area (Å²) in [6.45, 7) is 9.97. The summed E-state index contributed by atoms with van der Waals surface area (Å²) in [5, 5.41) is 6.62. The largest absolute Gasteiger partial charge is 0.357 e. The molecule has 7 nitrogen and oxygen atoms in total. The predicted molar refractivity (Wildman–Crippen MR) is 115 cm³/mol. The van der Waals surface area contributed by atoms with Crippen molar-refractivity contribution in [3.8, 4) is 0 Å². The van der Waals surface area contributed by atoms with Gasteiger partial charge in [-0.05, 0) is 76.5 Å². The highest BCUT2D eigenvalue weighted by Gasteiger charge is 2.15. The number of piperidine rings is 1. The molecule has 0 amide bonds. The van der Waals surface area contributed by atoms with Crippen LogP contribution in [0.5, 0.6) is 0 Å². The molecule has 0 aromatic heterocycles. The third-order valence-electron chi connectivity index (χ3n) is 5.06. The quantitative estimate of drug-likeness (QED) is 0.329. The zero-order valence-electron chi connectivity index (χ0n) is 17.4. The first-order valence-electron chi connectivity index (χ1n) is 10.2. The van der Waals surface area contributed by atoms with Crippen molar-refractivity contribution in [2.45, 2.75) is 44.6 Å². The van der Waals surface area contributed by atoms with E-state index in [1.165, 1.54) is 33.0 Å². The third-order valence-corrected chi connectivity index (χ3v) is 6.47. The first kappa shape index (κ1) is 22.6. The van der Waals surface area contributed by atoms with Gasteiger partial charge in [-0.1, -0.05) is 19.1 Å². The Morgan fingerprint density at radius 2 is 2.00 bits per heavy atom. The van der Waals surface area contributed by atoms with Gasteiger partial charge in [-0.2, -0.15) is 0 Å². The Bertz CT molecular complexity index is 728. The number of hydrogen-bond donors (Lipinski definition) is 3. The zero-order valence-corrected chi connectivity index (χ0v) is 18.2. The van der Waals surface area contributed by atoms with Gasteiger partial charge in [-0.3, -0.25) is 0 Å². The summed E-state index contributed by atoms with van der Waals surface area (Å²) in [6, 6.07) is 6.88. The monoisotopic (exact) mass is 409 g/mol. The van der Waals surface area contributed by atoms with Crippen molar-refractivity contribution in [3.63, 3.8) is 0 Å². The van der Waals surface area contributed by atoms with Crippen molar-refractivity contribution in [1.29, 1.82) is 0 Å². The lowest BCUT2D eigenvalue weighted by Crippen LogP contribution is -2.39. The van der Waals surface area contributed by atoms with Crippen LogP contribution in [-0.4, -0.2) is 59.0 Å². The maximum absolute atomic E-state index is 11.9. The zero-order chi connectivity index (χ0) is 20.4. The molecule has 1 aromatic carbocycles. The fourth-order valence-corrected chi connectivity index (χ4v) is 4.04. The molecule has 0 saturated carbocycles. The van der Waals surface area contributed by atoms with Gasteiger partial charge in [0, 0.05) is 13.1 Å². The van der Waals surface area contributed by atoms with E-state index >= 15 is 0 Å². The number of rotatable bonds is 9. The number of sulfonamides is 1. The van der Waals surface area contributed by atoms with Gasteiger partial charge in [-0.25, -0.2) is 18.1 Å². The molecule has 8 heteroatoms. The normalized spacial score (nSPS) is 16.9. The van der Waals surface area contributed by atoms with Crippen molar-refractivity contribution in [2.75, 3.05) is 39.8 Å². The standard InChI is InChI=1S/C20H35N5O2S/c1-4-22-20(23-11-6-12-25-13-9-17(2)10-14-25)24-16-18-7-5-8-19(15-18)28(26,27)21-3/h5,7-8,15,17,21H,4,6,9-14,16H2,1-3H3,(H2,22,23,24). The van der Waals surface area contributed by atoms with Crippen LogP contribution in [0, 0.1) is 5.92 Å². The topological polar surface area (TPSA) is 85.8 Å². The molecular formula is C20H35N5O2S. The average Bonchev–Trinajstić information content (AvgIpc) is 2.70. The first-order valence-corrected chi connectivity index (χ1v) is 11.7. The molecule has 1 fully saturated rings. The van der Waals surface area contributed by atoms with Crippen LogP contribution in [0.15, 0.2) is 34.2 Å². The van der Waals surface area contributed by atoms with Crippen molar-refractivity contribution in [1.82, 2.24) is 20.3 Å². The third kappa shape index (κ3) is 7.41. The molecule has 1 aliphatic heterocycles. The molecule has 0 spiro atoms. The molecule has 1 aliphatic rings. The summed E-state index contributed by atoms with van der Waals surface area (Å²) < 4.78 is 26.2. The number of guanidine groups is 1. The molecule has 0 bridgehead atoms. The van der Waals surface area contributed by atoms with Crippen LogP contribution in [-0.2, 0) is 16.6 Å². The summed E-state index contributed by atoms with van der Waals surface area (Å²) in [6.07, 6.45) is 3.69. The SMILES string of the molecule is CCNC(=NCc1cccc(S(=O)(=O)NC)c1)NCCCN1CCC(C)CC1. The van der Waals surface area contributed by atoms with Gasteiger partial charge in [0.1, 0.15) is 0 Å². The number of hydrogen-bond acceptors (Lipinski definition) is 4. The molecule has 158 valence electrons. The fraction of sp³-hybridized carbons (Fsp3) is 0.650. The second kappa shape index (κ2) is 11.4. The Hall–Kier alpha value is -1.64. The minimum atomic E-state index is -3.44. The maximum atomic E-state index is 11.9. The van der Waals surface area contributed by atoms with E-state index in [0.717, 1.165) is 43.5 Å². The summed E-state index contributed by atoms with van der Waals surface area (Å²) in [5.74, 6) is 1.63. The summed E-state index contributed by atoms with van der Waals surface area (Å²) in [7, 11) is -2.02. The number of nitrogens with one attached hydrogen (secondary N) is 3. The van der Waals surface area contributed by atoms with Gasteiger partial charge < -0.3 is 15.5 Å². The summed E-state index contributed by atoms with van der Waals surface area (Å²) >= 11 is 0. The minimum absolute atomic E-state index is 0.261. The van der Waals surface area contributed by atoms with Gasteiger partial charge in [0.05, 0.1) is 11.4 Å². The van der Waals surface area contributed by atoms with Crippen LogP contribution < -0.4 is 15.4 Å². The Morgan fingerprint density at radius 3 is 2.68 bits per heavy atom. The lowest BCUT2D eigenvalue weighted by molar-refractivity contribution is 0.191. The van der Waals surface area contributed by atoms with Crippen LogP contribution >= 0.6 is 0 Å². The van der Waals surface area contributed by atoms with Crippen LogP contribution in [0.3, 0.4) is 0 Å². The van der Waals surface area contributed by atoms with Gasteiger partial charge >= 0.3 is 0 Å². The number of likely N-dealkylation sites (tertiary alicyclic amines) is 1. The van der Waals surface area contributed by atoms with Gasteiger partial charge in [0.25, 0.3) is 0 Å². The number of aliphatic imine (C=N–C) groups is 1. The minimum Gasteiger partial charge on any atom is -0.357 e. The fourth-order valence-electron chi connectivity index (χ4n) is 3.24. The van der Waals surface area contributed by atoms with Crippen molar-refractivity contribution >= 4 is 16.0 Å². The number of benzene rings is 1. The number of nitrogens with zero attached hydrogens (tertiary/aromatic N) is 2. The molecular weight excluding hydrogens is 374 g/mol. The molecule has 1 saturated heterocycles. The first-order chi connectivity index (χ1) is 13.4. The van der Waals surface area contributed by atoms with Gasteiger partial charge in [0.15, 0.2) is 5.96 Å². The van der Waals surface area contributed by atoms with E-state index < -0.39 is 10.0 Å². The maximum Gasteiger partial charge on any atom is 0.240 e. The van der Waals surface area contributed by atoms with Crippen LogP contribution in [0.4, 0.5) is 0 Å². The van der Waals surface area contributed by atoms with Crippen LogP contribution in [0.2, 0.25) is 0 Å². The molecule has 28 heavy (non-hydrogen) atoms. The van der Waals surface area contributed by atoms with E-state index in [1.807, 2.05) is 13.0 Å². The summed E-state index contributed by atoms with van der Waals surface area (Å²) in [5.41, 5.74) is 0.857. The second-order valence-corrected chi connectivity index (χ2v) is 9.24. The van der Waals surface area contributed by atoms with Crippen LogP contribution in [0.25, 0.3) is 0 Å². The average molecular weight is 410 g/mol. The molecule has 2 rings (SSSR count). The van der Waals surface area contributed by atoms with E-state index in [-0.39, 0.29) is 4.90 Å². The molecule has 1 aromatic rings. The lowest BCUT2D eigenvalue weighted by Gasteiger charge is -2.30. The van der Waals surface area contributed by atoms with Gasteiger partial charge in [-0.15, -0.1) is 0 Å². The van der Waals surface area contributed by atoms with Crippen molar-refractivity contribution in [2.24, 2.45) is 10.9 Å². The van der Waals surface area contributed by atoms with Crippen molar-refractivity contribution in [3.05, 3.63) is 29.8 Å². The van der Waals surface area contributed by atoms with E-state index in [2.05, 4.69) is 32.2 Å². The Labute approximate surface area is 170 Å². The lowest BCUT2D eigenvalue weighted by atomic mass is 9.99. The molecule has 3 N–H and O–H groups in total. The van der Waals surface area contributed by atoms with Gasteiger partial charge in [0.2, 0.25) is 10.0 Å². The molecule has 0 radical (unpaired) electrons. The summed E-state index contributed by atoms with van der Waals surface area (Å²) in [4.78, 5) is 7.39. The highest BCUT2D eigenvalue weighted by Crippen LogP contribution is 2.15. The Balaban J connectivity index is 1.84. The second-order valence-electron chi connectivity index (χ2n) is 7.35. The van der Waals surface area contributed by atoms with E-state index in [1.54, 1.807) is 18.2 Å². The molecule has 0 aliphatic carbocycles. The van der Waals surface area contributed by atoms with E-state index in [0.29, 0.717) is 6.54 Å². The Kier molecular flexibility index (Phi) is 9.21. The van der Waals surface area contributed by atoms with Crippen LogP contribution in [0.1, 0.15) is 38.7 Å². The smallest absolute Gasteiger partial charge is 0.240 e. The molecule has 0 unspecified atom stereocenters. The molecule has 0 atom stereocenters. The predicted octanol–water partition coefficient (Wildman–Crippen LogP) is 1.77. The molecule has 1 heterocycles. The highest BCUT2D eigenvalue weighted by molar-refractivity contribution is 7.89. The van der Waals surface area contributed by atoms with E-state index in [4.69, 9.17) is 0 Å².